The molecule has 39 heavy (non-hydrogen) atoms. The second-order valence-electron chi connectivity index (χ2n) is 8.22. The highest BCUT2D eigenvalue weighted by molar-refractivity contribution is 9.10. The van der Waals surface area contributed by atoms with Gasteiger partial charge < -0.3 is 4.74 Å². The monoisotopic (exact) mass is 625 g/mol. The fourth-order valence-electron chi connectivity index (χ4n) is 3.41. The molecule has 198 valence electrons. The molecule has 11 heteroatoms. The van der Waals surface area contributed by atoms with Gasteiger partial charge in [-0.05, 0) is 85.3 Å². The molecule has 0 aliphatic carbocycles. The average Bonchev–Trinajstić information content (AvgIpc) is 2.90. The lowest BCUT2D eigenvalue weighted by atomic mass is 10.1. The first-order valence-electron chi connectivity index (χ1n) is 11.4. The first-order chi connectivity index (χ1) is 18.6. The summed E-state index contributed by atoms with van der Waals surface area (Å²) in [7, 11) is -3.82. The van der Waals surface area contributed by atoms with Crippen LogP contribution in [-0.2, 0) is 10.0 Å². The highest BCUT2D eigenvalue weighted by atomic mass is 79.9. The van der Waals surface area contributed by atoms with E-state index < -0.39 is 21.9 Å². The zero-order valence-electron chi connectivity index (χ0n) is 20.4. The lowest BCUT2D eigenvalue weighted by Crippen LogP contribution is -2.18. The van der Waals surface area contributed by atoms with Crippen LogP contribution >= 0.6 is 27.5 Å². The van der Waals surface area contributed by atoms with E-state index in [-0.39, 0.29) is 21.9 Å². The second-order valence-corrected chi connectivity index (χ2v) is 11.3. The first kappa shape index (κ1) is 28.0. The zero-order valence-corrected chi connectivity index (χ0v) is 23.5. The molecule has 0 radical (unpaired) electrons. The summed E-state index contributed by atoms with van der Waals surface area (Å²) < 4.78 is 33.8. The van der Waals surface area contributed by atoms with Crippen molar-refractivity contribution in [2.75, 3.05) is 4.72 Å². The molecule has 2 N–H and O–H groups in total. The number of carbonyl (C=O) groups excluding carboxylic acids is 2. The van der Waals surface area contributed by atoms with Crippen LogP contribution in [0.25, 0.3) is 0 Å². The van der Waals surface area contributed by atoms with E-state index in [0.29, 0.717) is 16.1 Å². The van der Waals surface area contributed by atoms with E-state index in [1.165, 1.54) is 54.7 Å². The Morgan fingerprint density at radius 2 is 1.64 bits per heavy atom. The Hall–Kier alpha value is -3.99. The average molecular weight is 627 g/mol. The third-order valence-electron chi connectivity index (χ3n) is 5.43. The van der Waals surface area contributed by atoms with Gasteiger partial charge in [-0.2, -0.15) is 5.10 Å². The Labute approximate surface area is 238 Å². The Bertz CT molecular complexity index is 1660. The molecule has 0 aromatic heterocycles. The molecule has 0 heterocycles. The van der Waals surface area contributed by atoms with Crippen molar-refractivity contribution < 1.29 is 22.7 Å². The summed E-state index contributed by atoms with van der Waals surface area (Å²) in [6.07, 6.45) is 1.36. The molecule has 0 unspecified atom stereocenters. The summed E-state index contributed by atoms with van der Waals surface area (Å²) in [6, 6.07) is 23.7. The molecule has 0 aliphatic rings. The second kappa shape index (κ2) is 12.2. The number of halogens is 2. The molecule has 0 spiro atoms. The normalized spacial score (nSPS) is 11.3. The van der Waals surface area contributed by atoms with Crippen molar-refractivity contribution in [2.24, 2.45) is 5.10 Å². The van der Waals surface area contributed by atoms with Gasteiger partial charge in [0.15, 0.2) is 0 Å². The maximum absolute atomic E-state index is 12.7. The van der Waals surface area contributed by atoms with Crippen molar-refractivity contribution in [2.45, 2.75) is 11.8 Å². The molecule has 0 aliphatic heterocycles. The topological polar surface area (TPSA) is 114 Å². The van der Waals surface area contributed by atoms with Crippen molar-refractivity contribution in [1.29, 1.82) is 0 Å². The molecule has 0 saturated heterocycles. The largest absolute Gasteiger partial charge is 0.422 e. The van der Waals surface area contributed by atoms with E-state index in [1.807, 2.05) is 19.1 Å². The first-order valence-corrected chi connectivity index (χ1v) is 14.1. The summed E-state index contributed by atoms with van der Waals surface area (Å²) in [5, 5.41) is 4.41. The van der Waals surface area contributed by atoms with E-state index in [9.17, 15) is 18.0 Å². The van der Waals surface area contributed by atoms with E-state index in [4.69, 9.17) is 16.3 Å². The standard InChI is InChI=1S/C28H21BrClN3O5S/c1-18-4-2-3-5-25(18)28(35)38-26-15-8-21(29)16-20(26)17-31-32-27(34)19-6-11-23(12-7-19)33-39(36,37)24-13-9-22(30)10-14-24/h2-17,33H,1H3,(H,32,34)/b31-17-. The third-order valence-corrected chi connectivity index (χ3v) is 7.57. The van der Waals surface area contributed by atoms with Gasteiger partial charge in [0, 0.05) is 26.3 Å². The fourth-order valence-corrected chi connectivity index (χ4v) is 4.98. The number of hydrogen-bond acceptors (Lipinski definition) is 6. The Kier molecular flexibility index (Phi) is 8.80. The van der Waals surface area contributed by atoms with E-state index in [2.05, 4.69) is 31.2 Å². The quantitative estimate of drug-likeness (QED) is 0.105. The minimum Gasteiger partial charge on any atom is -0.422 e. The summed E-state index contributed by atoms with van der Waals surface area (Å²) in [5.74, 6) is -0.769. The number of aryl methyl sites for hydroxylation is 1. The molecule has 4 aromatic rings. The van der Waals surface area contributed by atoms with Gasteiger partial charge in [-0.3, -0.25) is 9.52 Å². The van der Waals surface area contributed by atoms with Gasteiger partial charge >= 0.3 is 5.97 Å². The van der Waals surface area contributed by atoms with Crippen molar-refractivity contribution in [3.05, 3.63) is 123 Å². The number of anilines is 1. The van der Waals surface area contributed by atoms with Gasteiger partial charge in [0.1, 0.15) is 5.75 Å². The van der Waals surface area contributed by atoms with Gasteiger partial charge in [0.25, 0.3) is 15.9 Å². The number of amides is 1. The number of nitrogens with zero attached hydrogens (tertiary/aromatic N) is 1. The lowest BCUT2D eigenvalue weighted by Gasteiger charge is -2.10. The molecular formula is C28H21BrClN3O5S. The highest BCUT2D eigenvalue weighted by Gasteiger charge is 2.15. The van der Waals surface area contributed by atoms with Crippen LogP contribution in [0.2, 0.25) is 5.02 Å². The van der Waals surface area contributed by atoms with Crippen LogP contribution in [-0.4, -0.2) is 26.5 Å². The molecule has 1 amide bonds. The number of hydrazone groups is 1. The zero-order chi connectivity index (χ0) is 28.0. The van der Waals surface area contributed by atoms with Gasteiger partial charge in [-0.25, -0.2) is 18.6 Å². The summed E-state index contributed by atoms with van der Waals surface area (Å²) in [6.45, 7) is 1.82. The molecule has 8 nitrogen and oxygen atoms in total. The van der Waals surface area contributed by atoms with E-state index in [0.717, 1.165) is 10.0 Å². The summed E-state index contributed by atoms with van der Waals surface area (Å²) >= 11 is 9.20. The van der Waals surface area contributed by atoms with Gasteiger partial charge in [0.05, 0.1) is 16.7 Å². The maximum atomic E-state index is 12.7. The minimum absolute atomic E-state index is 0.0551. The number of esters is 1. The number of sulfonamides is 1. The van der Waals surface area contributed by atoms with Crippen LogP contribution in [0.5, 0.6) is 5.75 Å². The number of carbonyl (C=O) groups is 2. The maximum Gasteiger partial charge on any atom is 0.343 e. The smallest absolute Gasteiger partial charge is 0.343 e. The molecule has 0 atom stereocenters. The summed E-state index contributed by atoms with van der Waals surface area (Å²) in [4.78, 5) is 25.3. The predicted octanol–water partition coefficient (Wildman–Crippen LogP) is 6.19. The van der Waals surface area contributed by atoms with Crippen LogP contribution in [0.15, 0.2) is 105 Å². The van der Waals surface area contributed by atoms with Gasteiger partial charge in [0.2, 0.25) is 0 Å². The Morgan fingerprint density at radius 3 is 2.33 bits per heavy atom. The number of rotatable bonds is 8. The van der Waals surface area contributed by atoms with Crippen LogP contribution < -0.4 is 14.9 Å². The predicted molar refractivity (Wildman–Crippen MR) is 154 cm³/mol. The van der Waals surface area contributed by atoms with Crippen LogP contribution in [0, 0.1) is 6.92 Å². The van der Waals surface area contributed by atoms with Crippen LogP contribution in [0.1, 0.15) is 31.8 Å². The SMILES string of the molecule is Cc1ccccc1C(=O)Oc1ccc(Br)cc1/C=N\NC(=O)c1ccc(NS(=O)(=O)c2ccc(Cl)cc2)cc1. The van der Waals surface area contributed by atoms with Gasteiger partial charge in [-0.15, -0.1) is 0 Å². The van der Waals surface area contributed by atoms with E-state index in [1.54, 1.807) is 30.3 Å². The lowest BCUT2D eigenvalue weighted by molar-refractivity contribution is 0.0733. The van der Waals surface area contributed by atoms with Crippen molar-refractivity contribution in [1.82, 2.24) is 5.43 Å². The number of hydrogen-bond donors (Lipinski definition) is 2. The van der Waals surface area contributed by atoms with Gasteiger partial charge in [-0.1, -0.05) is 45.7 Å². The Balaban J connectivity index is 1.41. The summed E-state index contributed by atoms with van der Waals surface area (Å²) in [5.41, 5.74) is 4.62. The molecule has 0 saturated carbocycles. The number of ether oxygens (including phenoxy) is 1. The highest BCUT2D eigenvalue weighted by Crippen LogP contribution is 2.24. The third kappa shape index (κ3) is 7.32. The fraction of sp³-hybridized carbons (Fsp3) is 0.0357. The van der Waals surface area contributed by atoms with Crippen molar-refractivity contribution in [3.63, 3.8) is 0 Å². The Morgan fingerprint density at radius 1 is 0.949 bits per heavy atom. The molecule has 4 aromatic carbocycles. The van der Waals surface area contributed by atoms with E-state index >= 15 is 0 Å². The van der Waals surface area contributed by atoms with Crippen LogP contribution in [0.3, 0.4) is 0 Å². The minimum atomic E-state index is -3.82. The van der Waals surface area contributed by atoms with Crippen LogP contribution in [0.4, 0.5) is 5.69 Å². The van der Waals surface area contributed by atoms with Crippen molar-refractivity contribution >= 4 is 61.3 Å². The molecule has 4 rings (SSSR count). The number of nitrogens with one attached hydrogen (secondary N) is 2. The van der Waals surface area contributed by atoms with Crippen molar-refractivity contribution in [3.8, 4) is 5.75 Å². The molecule has 0 fully saturated rings. The molecular weight excluding hydrogens is 606 g/mol. The number of benzene rings is 4. The molecule has 0 bridgehead atoms.